The quantitative estimate of drug-likeness (QED) is 0.427. The number of carbonyl (C=O) groups is 2. The van der Waals surface area contributed by atoms with Crippen LogP contribution in [0.25, 0.3) is 0 Å². The van der Waals surface area contributed by atoms with Crippen LogP contribution in [0.15, 0.2) is 24.3 Å². The number of hydrogen-bond acceptors (Lipinski definition) is 2. The third-order valence-corrected chi connectivity index (χ3v) is 0.824. The second-order valence-corrected chi connectivity index (χ2v) is 1.47. The average Bonchev–Trinajstić information content (AvgIpc) is 1.77. The molecule has 0 aromatic heterocycles. The first-order valence-corrected chi connectivity index (χ1v) is 2.23. The summed E-state index contributed by atoms with van der Waals surface area (Å²) in [5.41, 5.74) is 0. The van der Waals surface area contributed by atoms with E-state index in [4.69, 9.17) is 0 Å². The van der Waals surface area contributed by atoms with Gasteiger partial charge in [0.1, 0.15) is 0 Å². The van der Waals surface area contributed by atoms with E-state index in [-0.39, 0.29) is 37.8 Å². The summed E-state index contributed by atoms with van der Waals surface area (Å²) in [7, 11) is 0. The molecule has 0 spiro atoms. The molecule has 0 N–H and O–H groups in total. The summed E-state index contributed by atoms with van der Waals surface area (Å²) in [6.45, 7) is 0. The Morgan fingerprint density at radius 1 is 0.778 bits per heavy atom. The van der Waals surface area contributed by atoms with E-state index in [1.54, 1.807) is 0 Å². The molecule has 1 aliphatic rings. The molecule has 0 atom stereocenters. The van der Waals surface area contributed by atoms with Crippen LogP contribution in [0.3, 0.4) is 0 Å². The van der Waals surface area contributed by atoms with Crippen molar-refractivity contribution in [3.8, 4) is 0 Å². The van der Waals surface area contributed by atoms with E-state index in [9.17, 15) is 9.59 Å². The van der Waals surface area contributed by atoms with E-state index >= 15 is 0 Å². The summed E-state index contributed by atoms with van der Waals surface area (Å²) in [6.07, 6.45) is 5.01. The van der Waals surface area contributed by atoms with Crippen LogP contribution < -0.4 is 0 Å². The third-order valence-electron chi connectivity index (χ3n) is 0.824. The standard InChI is InChI=1S/C6H4O2.Bi.3H/c7-5-1-2-6(8)4-3-5;;;;/h1-4H;;;;. The SMILES string of the molecule is O=C1C=CC(=O)C=C1.[BiH3]. The molecule has 0 bridgehead atoms. The van der Waals surface area contributed by atoms with Crippen LogP contribution in [-0.2, 0) is 9.59 Å². The average molecular weight is 320 g/mol. The number of hydrogen-bond donors (Lipinski definition) is 0. The topological polar surface area (TPSA) is 34.1 Å². The fourth-order valence-electron chi connectivity index (χ4n) is 0.440. The molecule has 9 heavy (non-hydrogen) atoms. The first-order valence-electron chi connectivity index (χ1n) is 2.23. The van der Waals surface area contributed by atoms with Crippen LogP contribution in [0, 0.1) is 0 Å². The van der Waals surface area contributed by atoms with E-state index in [1.807, 2.05) is 0 Å². The summed E-state index contributed by atoms with van der Waals surface area (Å²) in [6, 6.07) is 0. The first kappa shape index (κ1) is 8.70. The number of rotatable bonds is 0. The molecule has 0 fully saturated rings. The van der Waals surface area contributed by atoms with E-state index in [0.29, 0.717) is 0 Å². The maximum atomic E-state index is 10.3. The Balaban J connectivity index is 0.000000640. The second-order valence-electron chi connectivity index (χ2n) is 1.47. The van der Waals surface area contributed by atoms with Gasteiger partial charge >= 0.3 is 26.2 Å². The van der Waals surface area contributed by atoms with Gasteiger partial charge in [0.25, 0.3) is 0 Å². The van der Waals surface area contributed by atoms with Gasteiger partial charge in [-0.25, -0.2) is 0 Å². The normalized spacial score (nSPS) is 15.6. The van der Waals surface area contributed by atoms with Crippen LogP contribution in [0.2, 0.25) is 0 Å². The van der Waals surface area contributed by atoms with Crippen molar-refractivity contribution in [1.82, 2.24) is 0 Å². The van der Waals surface area contributed by atoms with Crippen molar-refractivity contribution in [1.29, 1.82) is 0 Å². The fraction of sp³-hybridized carbons (Fsp3) is 0. The molecule has 48 valence electrons. The van der Waals surface area contributed by atoms with Gasteiger partial charge in [0, 0.05) is 0 Å². The van der Waals surface area contributed by atoms with Crippen LogP contribution >= 0.6 is 0 Å². The van der Waals surface area contributed by atoms with Crippen LogP contribution in [0.5, 0.6) is 0 Å². The molecule has 0 amide bonds. The van der Waals surface area contributed by atoms with Crippen molar-refractivity contribution in [2.45, 2.75) is 0 Å². The van der Waals surface area contributed by atoms with E-state index in [0.717, 1.165) is 0 Å². The zero-order valence-electron chi connectivity index (χ0n) is 4.83. The fourth-order valence-corrected chi connectivity index (χ4v) is 0.440. The van der Waals surface area contributed by atoms with Gasteiger partial charge in [-0.3, -0.25) is 9.59 Å². The number of ketones is 2. The summed E-state index contributed by atoms with van der Waals surface area (Å²) in [5.74, 6) is -0.241. The van der Waals surface area contributed by atoms with Gasteiger partial charge in [0.15, 0.2) is 11.6 Å². The molecule has 0 heterocycles. The molecule has 3 heteroatoms. The molecule has 0 aromatic carbocycles. The van der Waals surface area contributed by atoms with Gasteiger partial charge in [-0.15, -0.1) is 0 Å². The van der Waals surface area contributed by atoms with E-state index in [1.165, 1.54) is 24.3 Å². The zero-order valence-corrected chi connectivity index (χ0v) is 10.3. The van der Waals surface area contributed by atoms with Crippen molar-refractivity contribution in [2.75, 3.05) is 0 Å². The molecular weight excluding hydrogens is 313 g/mol. The van der Waals surface area contributed by atoms with Crippen LogP contribution in [0.4, 0.5) is 0 Å². The molecule has 2 nitrogen and oxygen atoms in total. The van der Waals surface area contributed by atoms with Crippen molar-refractivity contribution >= 4 is 37.8 Å². The Labute approximate surface area is 71.8 Å². The zero-order chi connectivity index (χ0) is 5.98. The van der Waals surface area contributed by atoms with E-state index < -0.39 is 0 Å². The Bertz CT molecular complexity index is 153. The molecule has 1 aliphatic carbocycles. The molecular formula is C6H7BiO2. The Morgan fingerprint density at radius 2 is 1.00 bits per heavy atom. The number of carbonyl (C=O) groups excluding carboxylic acids is 2. The van der Waals surface area contributed by atoms with Gasteiger partial charge in [-0.1, -0.05) is 0 Å². The van der Waals surface area contributed by atoms with Crippen molar-refractivity contribution in [3.63, 3.8) is 0 Å². The third kappa shape index (κ3) is 2.66. The summed E-state index contributed by atoms with van der Waals surface area (Å²) in [5, 5.41) is 0. The van der Waals surface area contributed by atoms with Gasteiger partial charge in [0.2, 0.25) is 0 Å². The molecule has 0 aromatic rings. The molecule has 0 unspecified atom stereocenters. The predicted octanol–water partition coefficient (Wildman–Crippen LogP) is -0.933. The van der Waals surface area contributed by atoms with Crippen LogP contribution in [0.1, 0.15) is 0 Å². The Kier molecular flexibility index (Phi) is 3.55. The molecule has 0 aliphatic heterocycles. The summed E-state index contributed by atoms with van der Waals surface area (Å²) in [4.78, 5) is 20.6. The van der Waals surface area contributed by atoms with E-state index in [2.05, 4.69) is 0 Å². The minimum absolute atomic E-state index is 0. The Hall–Kier alpha value is -0.297. The van der Waals surface area contributed by atoms with Crippen molar-refractivity contribution in [2.24, 2.45) is 0 Å². The van der Waals surface area contributed by atoms with Crippen LogP contribution in [-0.4, -0.2) is 37.8 Å². The summed E-state index contributed by atoms with van der Waals surface area (Å²) >= 11 is 0. The minimum atomic E-state index is -0.121. The monoisotopic (exact) mass is 320 g/mol. The van der Waals surface area contributed by atoms with Gasteiger partial charge < -0.3 is 0 Å². The van der Waals surface area contributed by atoms with Gasteiger partial charge in [0.05, 0.1) is 0 Å². The second kappa shape index (κ2) is 3.68. The summed E-state index contributed by atoms with van der Waals surface area (Å²) < 4.78 is 0. The first-order chi connectivity index (χ1) is 3.79. The van der Waals surface area contributed by atoms with Gasteiger partial charge in [-0.2, -0.15) is 0 Å². The molecule has 0 radical (unpaired) electrons. The molecule has 1 rings (SSSR count). The number of allylic oxidation sites excluding steroid dienone is 4. The predicted molar refractivity (Wildman–Crippen MR) is 38.2 cm³/mol. The van der Waals surface area contributed by atoms with Crippen molar-refractivity contribution in [3.05, 3.63) is 24.3 Å². The Morgan fingerprint density at radius 3 is 1.22 bits per heavy atom. The van der Waals surface area contributed by atoms with Gasteiger partial charge in [-0.05, 0) is 24.3 Å². The molecule has 0 saturated carbocycles. The van der Waals surface area contributed by atoms with Crippen molar-refractivity contribution < 1.29 is 9.59 Å². The maximum absolute atomic E-state index is 10.3. The molecule has 0 saturated heterocycles.